The summed E-state index contributed by atoms with van der Waals surface area (Å²) in [5, 5.41) is 3.58. The molecule has 0 saturated carbocycles. The van der Waals surface area contributed by atoms with Gasteiger partial charge in [-0.2, -0.15) is 0 Å². The normalized spacial score (nSPS) is 18.7. The Morgan fingerprint density at radius 1 is 1.33 bits per heavy atom. The van der Waals surface area contributed by atoms with Gasteiger partial charge in [0.1, 0.15) is 12.4 Å². The molecule has 1 heterocycles. The smallest absolute Gasteiger partial charge is 0.122 e. The van der Waals surface area contributed by atoms with Crippen LogP contribution in [0.2, 0.25) is 0 Å². The number of hydrogen-bond acceptors (Lipinski definition) is 3. The number of nitrogens with zero attached hydrogens (tertiary/aromatic N) is 1. The topological polar surface area (TPSA) is 24.5 Å². The Labute approximate surface area is 129 Å². The lowest BCUT2D eigenvalue weighted by Gasteiger charge is -2.29. The molecule has 1 N–H and O–H groups in total. The van der Waals surface area contributed by atoms with Crippen LogP contribution in [0.15, 0.2) is 18.2 Å². The van der Waals surface area contributed by atoms with Crippen LogP contribution in [-0.2, 0) is 0 Å². The number of rotatable bonds is 7. The molecule has 0 bridgehead atoms. The number of ether oxygens (including phenoxy) is 1. The first-order chi connectivity index (χ1) is 10.1. The summed E-state index contributed by atoms with van der Waals surface area (Å²) in [5.41, 5.74) is 2.47. The molecular weight excluding hydrogens is 260 g/mol. The van der Waals surface area contributed by atoms with E-state index >= 15 is 0 Å². The Hall–Kier alpha value is -1.06. The molecule has 0 amide bonds. The second-order valence-corrected chi connectivity index (χ2v) is 6.50. The highest BCUT2D eigenvalue weighted by atomic mass is 16.5. The summed E-state index contributed by atoms with van der Waals surface area (Å²) in [6, 6.07) is 7.62. The quantitative estimate of drug-likeness (QED) is 0.835. The average molecular weight is 290 g/mol. The van der Waals surface area contributed by atoms with E-state index in [-0.39, 0.29) is 0 Å². The SMILES string of the molecule is Cc1ccc(C)c(OCCN(CC2CCCN2)C(C)C)c1. The van der Waals surface area contributed by atoms with Gasteiger partial charge in [0.25, 0.3) is 0 Å². The van der Waals surface area contributed by atoms with Crippen LogP contribution < -0.4 is 10.1 Å². The molecule has 1 unspecified atom stereocenters. The first kappa shape index (κ1) is 16.3. The van der Waals surface area contributed by atoms with Gasteiger partial charge in [-0.05, 0) is 64.3 Å². The largest absolute Gasteiger partial charge is 0.492 e. The molecule has 0 aromatic heterocycles. The van der Waals surface area contributed by atoms with Gasteiger partial charge in [-0.15, -0.1) is 0 Å². The van der Waals surface area contributed by atoms with Crippen molar-refractivity contribution in [2.45, 2.75) is 52.6 Å². The van der Waals surface area contributed by atoms with Crippen molar-refractivity contribution >= 4 is 0 Å². The molecule has 3 heteroatoms. The van der Waals surface area contributed by atoms with Gasteiger partial charge in [0.2, 0.25) is 0 Å². The molecule has 1 aliphatic heterocycles. The summed E-state index contributed by atoms with van der Waals surface area (Å²) >= 11 is 0. The molecule has 1 aliphatic rings. The van der Waals surface area contributed by atoms with Gasteiger partial charge in [-0.1, -0.05) is 12.1 Å². The summed E-state index contributed by atoms with van der Waals surface area (Å²) in [7, 11) is 0. The van der Waals surface area contributed by atoms with E-state index in [1.165, 1.54) is 30.5 Å². The van der Waals surface area contributed by atoms with E-state index in [1.54, 1.807) is 0 Å². The van der Waals surface area contributed by atoms with Crippen LogP contribution in [0.3, 0.4) is 0 Å². The van der Waals surface area contributed by atoms with E-state index < -0.39 is 0 Å². The third kappa shape index (κ3) is 5.01. The van der Waals surface area contributed by atoms with Crippen molar-refractivity contribution in [3.05, 3.63) is 29.3 Å². The molecule has 1 saturated heterocycles. The molecule has 0 aliphatic carbocycles. The van der Waals surface area contributed by atoms with E-state index in [2.05, 4.69) is 56.1 Å². The fraction of sp³-hybridized carbons (Fsp3) is 0.667. The van der Waals surface area contributed by atoms with Crippen LogP contribution >= 0.6 is 0 Å². The number of nitrogens with one attached hydrogen (secondary N) is 1. The van der Waals surface area contributed by atoms with Crippen LogP contribution in [0.1, 0.15) is 37.8 Å². The molecule has 0 radical (unpaired) electrons. The summed E-state index contributed by atoms with van der Waals surface area (Å²) in [6.07, 6.45) is 2.62. The zero-order valence-electron chi connectivity index (χ0n) is 14.0. The first-order valence-corrected chi connectivity index (χ1v) is 8.23. The zero-order chi connectivity index (χ0) is 15.2. The Bertz CT molecular complexity index is 439. The molecule has 118 valence electrons. The van der Waals surface area contributed by atoms with Crippen LogP contribution in [0, 0.1) is 13.8 Å². The van der Waals surface area contributed by atoms with Crippen LogP contribution in [-0.4, -0.2) is 43.2 Å². The van der Waals surface area contributed by atoms with Gasteiger partial charge < -0.3 is 10.1 Å². The second-order valence-electron chi connectivity index (χ2n) is 6.50. The van der Waals surface area contributed by atoms with E-state index in [9.17, 15) is 0 Å². The highest BCUT2D eigenvalue weighted by molar-refractivity contribution is 5.35. The predicted octanol–water partition coefficient (Wildman–Crippen LogP) is 3.14. The Morgan fingerprint density at radius 2 is 2.14 bits per heavy atom. The third-order valence-corrected chi connectivity index (χ3v) is 4.33. The fourth-order valence-electron chi connectivity index (χ4n) is 2.89. The highest BCUT2D eigenvalue weighted by Crippen LogP contribution is 2.19. The van der Waals surface area contributed by atoms with Gasteiger partial charge in [-0.3, -0.25) is 4.90 Å². The molecule has 2 rings (SSSR count). The summed E-state index contributed by atoms with van der Waals surface area (Å²) in [4.78, 5) is 2.52. The summed E-state index contributed by atoms with van der Waals surface area (Å²) in [5.74, 6) is 1.03. The molecule has 21 heavy (non-hydrogen) atoms. The van der Waals surface area contributed by atoms with Crippen LogP contribution in [0.4, 0.5) is 0 Å². The predicted molar refractivity (Wildman–Crippen MR) is 89.1 cm³/mol. The van der Waals surface area contributed by atoms with Crippen molar-refractivity contribution in [1.29, 1.82) is 0 Å². The minimum Gasteiger partial charge on any atom is -0.492 e. The minimum absolute atomic E-state index is 0.564. The number of aryl methyl sites for hydroxylation is 2. The van der Waals surface area contributed by atoms with E-state index in [1.807, 2.05) is 0 Å². The number of benzene rings is 1. The molecular formula is C18H30N2O. The van der Waals surface area contributed by atoms with Crippen molar-refractivity contribution in [3.8, 4) is 5.75 Å². The molecule has 3 nitrogen and oxygen atoms in total. The first-order valence-electron chi connectivity index (χ1n) is 8.23. The van der Waals surface area contributed by atoms with Crippen molar-refractivity contribution in [2.75, 3.05) is 26.2 Å². The Balaban J connectivity index is 1.82. The lowest BCUT2D eigenvalue weighted by molar-refractivity contribution is 0.163. The molecule has 0 spiro atoms. The standard InChI is InChI=1S/C18H30N2O/c1-14(2)20(13-17-6-5-9-19-17)10-11-21-18-12-15(3)7-8-16(18)4/h7-8,12,14,17,19H,5-6,9-11,13H2,1-4H3. The lowest BCUT2D eigenvalue weighted by atomic mass is 10.1. The van der Waals surface area contributed by atoms with Crippen molar-refractivity contribution < 1.29 is 4.74 Å². The van der Waals surface area contributed by atoms with Gasteiger partial charge >= 0.3 is 0 Å². The monoisotopic (exact) mass is 290 g/mol. The molecule has 1 fully saturated rings. The number of hydrogen-bond donors (Lipinski definition) is 1. The molecule has 1 atom stereocenters. The maximum atomic E-state index is 6.00. The van der Waals surface area contributed by atoms with Crippen molar-refractivity contribution in [2.24, 2.45) is 0 Å². The van der Waals surface area contributed by atoms with Gasteiger partial charge in [0.05, 0.1) is 0 Å². The molecule has 1 aromatic rings. The maximum Gasteiger partial charge on any atom is 0.122 e. The average Bonchev–Trinajstić information content (AvgIpc) is 2.94. The second kappa shape index (κ2) is 7.81. The highest BCUT2D eigenvalue weighted by Gasteiger charge is 2.19. The molecule has 1 aromatic carbocycles. The van der Waals surface area contributed by atoms with Crippen LogP contribution in [0.25, 0.3) is 0 Å². The maximum absolute atomic E-state index is 6.00. The van der Waals surface area contributed by atoms with E-state index in [4.69, 9.17) is 4.74 Å². The van der Waals surface area contributed by atoms with Gasteiger partial charge in [0.15, 0.2) is 0 Å². The summed E-state index contributed by atoms with van der Waals surface area (Å²) < 4.78 is 6.00. The lowest BCUT2D eigenvalue weighted by Crippen LogP contribution is -2.43. The van der Waals surface area contributed by atoms with Crippen molar-refractivity contribution in [1.82, 2.24) is 10.2 Å². The van der Waals surface area contributed by atoms with E-state index in [0.29, 0.717) is 12.1 Å². The minimum atomic E-state index is 0.564. The fourth-order valence-corrected chi connectivity index (χ4v) is 2.89. The summed E-state index contributed by atoms with van der Waals surface area (Å²) in [6.45, 7) is 12.8. The van der Waals surface area contributed by atoms with Crippen molar-refractivity contribution in [3.63, 3.8) is 0 Å². The Kier molecular flexibility index (Phi) is 6.07. The van der Waals surface area contributed by atoms with Gasteiger partial charge in [-0.25, -0.2) is 0 Å². The Morgan fingerprint density at radius 3 is 2.81 bits per heavy atom. The third-order valence-electron chi connectivity index (χ3n) is 4.33. The van der Waals surface area contributed by atoms with Gasteiger partial charge in [0, 0.05) is 25.2 Å². The van der Waals surface area contributed by atoms with E-state index in [0.717, 1.165) is 25.4 Å². The van der Waals surface area contributed by atoms with Crippen LogP contribution in [0.5, 0.6) is 5.75 Å². The zero-order valence-corrected chi connectivity index (χ0v) is 14.0.